The highest BCUT2D eigenvalue weighted by molar-refractivity contribution is 6.30. The van der Waals surface area contributed by atoms with Crippen molar-refractivity contribution >= 4 is 11.6 Å². The minimum Gasteiger partial charge on any atom is -0.389 e. The molecular weight excluding hydrogens is 164 g/mol. The van der Waals surface area contributed by atoms with Gasteiger partial charge in [0.05, 0.1) is 11.8 Å². The minimum absolute atomic E-state index is 0.512. The summed E-state index contributed by atoms with van der Waals surface area (Å²) in [4.78, 5) is 0. The van der Waals surface area contributed by atoms with Gasteiger partial charge in [0.2, 0.25) is 0 Å². The topological polar surface area (TPSA) is 38.0 Å². The van der Waals surface area contributed by atoms with Crippen LogP contribution in [-0.4, -0.2) is 14.9 Å². The van der Waals surface area contributed by atoms with E-state index in [-0.39, 0.29) is 0 Å². The Morgan fingerprint density at radius 3 is 2.36 bits per heavy atom. The summed E-state index contributed by atoms with van der Waals surface area (Å²) in [6, 6.07) is 0. The van der Waals surface area contributed by atoms with Crippen LogP contribution >= 0.6 is 11.6 Å². The first-order valence-corrected chi connectivity index (χ1v) is 3.79. The van der Waals surface area contributed by atoms with Crippen molar-refractivity contribution in [3.8, 4) is 0 Å². The molecule has 1 heterocycles. The predicted octanol–water partition coefficient (Wildman–Crippen LogP) is 1.44. The molecule has 0 aliphatic carbocycles. The van der Waals surface area contributed by atoms with E-state index in [1.54, 1.807) is 18.7 Å². The SMILES string of the molecule is Cc1nn(C)c(Cl)c1[C@H](C)O. The Morgan fingerprint density at radius 2 is 2.18 bits per heavy atom. The molecule has 11 heavy (non-hydrogen) atoms. The fourth-order valence-corrected chi connectivity index (χ4v) is 1.45. The van der Waals surface area contributed by atoms with Crippen LogP contribution in [0.1, 0.15) is 24.3 Å². The van der Waals surface area contributed by atoms with Crippen LogP contribution in [0, 0.1) is 6.92 Å². The maximum Gasteiger partial charge on any atom is 0.132 e. The second-order valence-corrected chi connectivity index (χ2v) is 2.95. The molecule has 0 bridgehead atoms. The summed E-state index contributed by atoms with van der Waals surface area (Å²) in [6.45, 7) is 3.50. The number of halogens is 1. The third-order valence-electron chi connectivity index (χ3n) is 1.61. The fourth-order valence-electron chi connectivity index (χ4n) is 1.12. The van der Waals surface area contributed by atoms with E-state index in [2.05, 4.69) is 5.10 Å². The lowest BCUT2D eigenvalue weighted by Gasteiger charge is -2.01. The first-order chi connectivity index (χ1) is 5.04. The quantitative estimate of drug-likeness (QED) is 0.700. The molecule has 0 radical (unpaired) electrons. The maximum atomic E-state index is 9.26. The smallest absolute Gasteiger partial charge is 0.132 e. The van der Waals surface area contributed by atoms with Crippen molar-refractivity contribution in [2.24, 2.45) is 7.05 Å². The zero-order chi connectivity index (χ0) is 8.59. The summed E-state index contributed by atoms with van der Waals surface area (Å²) in [5.74, 6) is 0. The van der Waals surface area contributed by atoms with Gasteiger partial charge >= 0.3 is 0 Å². The van der Waals surface area contributed by atoms with E-state index in [4.69, 9.17) is 11.6 Å². The first kappa shape index (κ1) is 8.56. The van der Waals surface area contributed by atoms with Gasteiger partial charge in [-0.3, -0.25) is 4.68 Å². The van der Waals surface area contributed by atoms with E-state index < -0.39 is 6.10 Å². The third kappa shape index (κ3) is 1.39. The number of aliphatic hydroxyl groups is 1. The minimum atomic E-state index is -0.545. The summed E-state index contributed by atoms with van der Waals surface area (Å²) in [5, 5.41) is 13.8. The zero-order valence-corrected chi connectivity index (χ0v) is 7.55. The van der Waals surface area contributed by atoms with Gasteiger partial charge in [0.25, 0.3) is 0 Å². The fraction of sp³-hybridized carbons (Fsp3) is 0.571. The van der Waals surface area contributed by atoms with Crippen molar-refractivity contribution in [2.75, 3.05) is 0 Å². The summed E-state index contributed by atoms with van der Waals surface area (Å²) in [6.07, 6.45) is -0.545. The number of hydrogen-bond donors (Lipinski definition) is 1. The number of aromatic nitrogens is 2. The molecule has 1 aromatic heterocycles. The van der Waals surface area contributed by atoms with Gasteiger partial charge in [-0.2, -0.15) is 5.10 Å². The van der Waals surface area contributed by atoms with Crippen LogP contribution in [0.5, 0.6) is 0 Å². The van der Waals surface area contributed by atoms with Crippen molar-refractivity contribution in [3.05, 3.63) is 16.4 Å². The van der Waals surface area contributed by atoms with Crippen LogP contribution in [0.15, 0.2) is 0 Å². The molecule has 0 aromatic carbocycles. The van der Waals surface area contributed by atoms with E-state index in [0.717, 1.165) is 5.69 Å². The highest BCUT2D eigenvalue weighted by Gasteiger charge is 2.14. The number of aryl methyl sites for hydroxylation is 2. The Morgan fingerprint density at radius 1 is 1.64 bits per heavy atom. The van der Waals surface area contributed by atoms with E-state index in [1.165, 1.54) is 0 Å². The van der Waals surface area contributed by atoms with Gasteiger partial charge in [-0.05, 0) is 13.8 Å². The van der Waals surface area contributed by atoms with Crippen LogP contribution in [0.25, 0.3) is 0 Å². The lowest BCUT2D eigenvalue weighted by molar-refractivity contribution is 0.198. The maximum absolute atomic E-state index is 9.26. The monoisotopic (exact) mass is 174 g/mol. The van der Waals surface area contributed by atoms with Gasteiger partial charge in [-0.1, -0.05) is 11.6 Å². The third-order valence-corrected chi connectivity index (χ3v) is 2.06. The molecule has 0 unspecified atom stereocenters. The summed E-state index contributed by atoms with van der Waals surface area (Å²) < 4.78 is 1.55. The molecule has 62 valence electrons. The van der Waals surface area contributed by atoms with E-state index in [1.807, 2.05) is 6.92 Å². The number of hydrogen-bond acceptors (Lipinski definition) is 2. The molecule has 0 saturated carbocycles. The lowest BCUT2D eigenvalue weighted by Crippen LogP contribution is -1.92. The van der Waals surface area contributed by atoms with Crippen LogP contribution in [0.3, 0.4) is 0 Å². The standard InChI is InChI=1S/C7H11ClN2O/c1-4-6(5(2)11)7(8)10(3)9-4/h5,11H,1-3H3/t5-/m0/s1. The highest BCUT2D eigenvalue weighted by atomic mass is 35.5. The Balaban J connectivity index is 3.22. The predicted molar refractivity (Wildman–Crippen MR) is 43.6 cm³/mol. The van der Waals surface area contributed by atoms with Crippen LogP contribution < -0.4 is 0 Å². The molecule has 0 fully saturated rings. The molecule has 0 saturated heterocycles. The molecule has 0 spiro atoms. The van der Waals surface area contributed by atoms with Crippen molar-refractivity contribution < 1.29 is 5.11 Å². The first-order valence-electron chi connectivity index (χ1n) is 3.41. The Labute approximate surface area is 70.6 Å². The average Bonchev–Trinajstić information content (AvgIpc) is 2.07. The number of nitrogens with zero attached hydrogens (tertiary/aromatic N) is 2. The van der Waals surface area contributed by atoms with E-state index in [0.29, 0.717) is 10.7 Å². The molecular formula is C7H11ClN2O. The Bertz CT molecular complexity index is 268. The van der Waals surface area contributed by atoms with Crippen LogP contribution in [0.4, 0.5) is 0 Å². The molecule has 0 aliphatic rings. The van der Waals surface area contributed by atoms with Crippen LogP contribution in [0.2, 0.25) is 5.15 Å². The van der Waals surface area contributed by atoms with Crippen molar-refractivity contribution in [1.82, 2.24) is 9.78 Å². The second kappa shape index (κ2) is 2.83. The average molecular weight is 175 g/mol. The van der Waals surface area contributed by atoms with E-state index in [9.17, 15) is 5.11 Å². The lowest BCUT2D eigenvalue weighted by atomic mass is 10.2. The molecule has 1 N–H and O–H groups in total. The highest BCUT2D eigenvalue weighted by Crippen LogP contribution is 2.24. The second-order valence-electron chi connectivity index (χ2n) is 2.59. The van der Waals surface area contributed by atoms with Crippen LogP contribution in [-0.2, 0) is 7.05 Å². The summed E-state index contributed by atoms with van der Waals surface area (Å²) in [5.41, 5.74) is 1.50. The molecule has 1 atom stereocenters. The van der Waals surface area contributed by atoms with Crippen molar-refractivity contribution in [2.45, 2.75) is 20.0 Å². The van der Waals surface area contributed by atoms with Gasteiger partial charge in [0.15, 0.2) is 0 Å². The van der Waals surface area contributed by atoms with Crippen molar-refractivity contribution in [3.63, 3.8) is 0 Å². The number of aliphatic hydroxyl groups excluding tert-OH is 1. The van der Waals surface area contributed by atoms with E-state index >= 15 is 0 Å². The summed E-state index contributed by atoms with van der Waals surface area (Å²) in [7, 11) is 1.75. The van der Waals surface area contributed by atoms with Gasteiger partial charge < -0.3 is 5.11 Å². The normalized spacial score (nSPS) is 13.5. The largest absolute Gasteiger partial charge is 0.389 e. The molecule has 3 nitrogen and oxygen atoms in total. The molecule has 0 amide bonds. The Kier molecular flexibility index (Phi) is 2.20. The molecule has 1 aromatic rings. The molecule has 0 aliphatic heterocycles. The number of rotatable bonds is 1. The van der Waals surface area contributed by atoms with Gasteiger partial charge in [-0.25, -0.2) is 0 Å². The molecule has 1 rings (SSSR count). The molecule has 4 heteroatoms. The van der Waals surface area contributed by atoms with Gasteiger partial charge in [-0.15, -0.1) is 0 Å². The van der Waals surface area contributed by atoms with Crippen molar-refractivity contribution in [1.29, 1.82) is 0 Å². The van der Waals surface area contributed by atoms with Gasteiger partial charge in [0, 0.05) is 12.6 Å². The zero-order valence-electron chi connectivity index (χ0n) is 6.80. The Hall–Kier alpha value is -0.540. The summed E-state index contributed by atoms with van der Waals surface area (Å²) >= 11 is 5.85. The van der Waals surface area contributed by atoms with Gasteiger partial charge in [0.1, 0.15) is 5.15 Å².